The lowest BCUT2D eigenvalue weighted by atomic mass is 10.1. The van der Waals surface area contributed by atoms with E-state index in [1.165, 1.54) is 18.2 Å². The van der Waals surface area contributed by atoms with Gasteiger partial charge in [-0.1, -0.05) is 23.7 Å². The summed E-state index contributed by atoms with van der Waals surface area (Å²) < 4.78 is 0. The van der Waals surface area contributed by atoms with Crippen LogP contribution in [0.15, 0.2) is 42.5 Å². The number of amides is 1. The van der Waals surface area contributed by atoms with Crippen LogP contribution in [0.4, 0.5) is 11.4 Å². The summed E-state index contributed by atoms with van der Waals surface area (Å²) in [6, 6.07) is 13.1. The molecule has 1 amide bonds. The predicted molar refractivity (Wildman–Crippen MR) is 94.2 cm³/mol. The molecule has 2 aromatic carbocycles. The first kappa shape index (κ1) is 18.4. The van der Waals surface area contributed by atoms with E-state index < -0.39 is 4.92 Å². The molecule has 0 aliphatic rings. The molecule has 8 heteroatoms. The molecular formula is C17H15ClN4O3. The van der Waals surface area contributed by atoms with Gasteiger partial charge in [0, 0.05) is 18.7 Å². The van der Waals surface area contributed by atoms with Crippen molar-refractivity contribution in [3.8, 4) is 6.07 Å². The van der Waals surface area contributed by atoms with Gasteiger partial charge in [-0.25, -0.2) is 0 Å². The third-order valence-electron chi connectivity index (χ3n) is 3.36. The van der Waals surface area contributed by atoms with Gasteiger partial charge in [-0.05, 0) is 30.8 Å². The van der Waals surface area contributed by atoms with E-state index in [4.69, 9.17) is 16.9 Å². The van der Waals surface area contributed by atoms with Crippen LogP contribution in [0.2, 0.25) is 5.02 Å². The molecule has 2 aromatic rings. The Morgan fingerprint density at radius 1 is 1.36 bits per heavy atom. The monoisotopic (exact) mass is 358 g/mol. The summed E-state index contributed by atoms with van der Waals surface area (Å²) >= 11 is 5.95. The summed E-state index contributed by atoms with van der Waals surface area (Å²) in [5, 5.41) is 22.3. The Morgan fingerprint density at radius 2 is 2.12 bits per heavy atom. The van der Waals surface area contributed by atoms with Crippen LogP contribution in [0, 0.1) is 21.4 Å². The van der Waals surface area contributed by atoms with Gasteiger partial charge in [0.1, 0.15) is 0 Å². The molecule has 25 heavy (non-hydrogen) atoms. The molecule has 128 valence electrons. The highest BCUT2D eigenvalue weighted by atomic mass is 35.5. The predicted octanol–water partition coefficient (Wildman–Crippen LogP) is 3.19. The fourth-order valence-corrected chi connectivity index (χ4v) is 2.48. The second-order valence-corrected chi connectivity index (χ2v) is 5.86. The Kier molecular flexibility index (Phi) is 6.06. The molecule has 0 spiro atoms. The van der Waals surface area contributed by atoms with Crippen LogP contribution in [0.3, 0.4) is 0 Å². The minimum atomic E-state index is -0.555. The van der Waals surface area contributed by atoms with Crippen molar-refractivity contribution < 1.29 is 9.72 Å². The standard InChI is InChI=1S/C17H15ClN4O3/c1-21(10-13-4-2-3-12(7-13)9-19)11-17(23)20-16-6-5-14(22(24)25)8-15(16)18/h2-8H,10-11H2,1H3,(H,20,23). The third kappa shape index (κ3) is 5.28. The molecule has 0 fully saturated rings. The normalized spacial score (nSPS) is 10.3. The summed E-state index contributed by atoms with van der Waals surface area (Å²) in [4.78, 5) is 24.0. The van der Waals surface area contributed by atoms with Crippen molar-refractivity contribution in [3.63, 3.8) is 0 Å². The van der Waals surface area contributed by atoms with Crippen LogP contribution >= 0.6 is 11.6 Å². The number of halogens is 1. The van der Waals surface area contributed by atoms with E-state index in [-0.39, 0.29) is 23.2 Å². The minimum Gasteiger partial charge on any atom is -0.324 e. The van der Waals surface area contributed by atoms with Crippen LogP contribution in [0.1, 0.15) is 11.1 Å². The molecule has 0 radical (unpaired) electrons. The van der Waals surface area contributed by atoms with Gasteiger partial charge in [-0.15, -0.1) is 0 Å². The lowest BCUT2D eigenvalue weighted by Crippen LogP contribution is -2.29. The number of nitrogens with one attached hydrogen (secondary N) is 1. The molecule has 0 aliphatic carbocycles. The van der Waals surface area contributed by atoms with E-state index in [1.54, 1.807) is 30.1 Å². The summed E-state index contributed by atoms with van der Waals surface area (Å²) in [5.74, 6) is -0.297. The fraction of sp³-hybridized carbons (Fsp3) is 0.176. The largest absolute Gasteiger partial charge is 0.324 e. The molecule has 0 atom stereocenters. The second-order valence-electron chi connectivity index (χ2n) is 5.45. The fourth-order valence-electron chi connectivity index (χ4n) is 2.26. The molecule has 0 saturated heterocycles. The molecule has 0 bridgehead atoms. The Balaban J connectivity index is 1.95. The van der Waals surface area contributed by atoms with Crippen molar-refractivity contribution in [2.45, 2.75) is 6.54 Å². The highest BCUT2D eigenvalue weighted by Gasteiger charge is 2.13. The summed E-state index contributed by atoms with van der Waals surface area (Å²) in [6.45, 7) is 0.598. The lowest BCUT2D eigenvalue weighted by molar-refractivity contribution is -0.384. The number of benzene rings is 2. The zero-order valence-electron chi connectivity index (χ0n) is 13.4. The van der Waals surface area contributed by atoms with E-state index in [1.807, 2.05) is 6.07 Å². The lowest BCUT2D eigenvalue weighted by Gasteiger charge is -2.16. The van der Waals surface area contributed by atoms with Gasteiger partial charge in [0.25, 0.3) is 5.69 Å². The number of non-ortho nitro benzene ring substituents is 1. The number of nitro groups is 1. The molecule has 7 nitrogen and oxygen atoms in total. The first-order valence-corrected chi connectivity index (χ1v) is 7.68. The quantitative estimate of drug-likeness (QED) is 0.631. The average Bonchev–Trinajstić information content (AvgIpc) is 2.56. The number of nitrogens with zero attached hydrogens (tertiary/aromatic N) is 3. The number of anilines is 1. The maximum Gasteiger partial charge on any atom is 0.271 e. The van der Waals surface area contributed by atoms with Gasteiger partial charge in [-0.3, -0.25) is 19.8 Å². The molecular weight excluding hydrogens is 344 g/mol. The van der Waals surface area contributed by atoms with Crippen molar-refractivity contribution in [2.24, 2.45) is 0 Å². The van der Waals surface area contributed by atoms with Crippen LogP contribution in [0.5, 0.6) is 0 Å². The summed E-state index contributed by atoms with van der Waals surface area (Å²) in [6.07, 6.45) is 0. The van der Waals surface area contributed by atoms with Crippen molar-refractivity contribution in [2.75, 3.05) is 18.9 Å². The van der Waals surface area contributed by atoms with Gasteiger partial charge in [0.15, 0.2) is 0 Å². The van der Waals surface area contributed by atoms with E-state index in [0.29, 0.717) is 17.8 Å². The van der Waals surface area contributed by atoms with Crippen LogP contribution in [0.25, 0.3) is 0 Å². The Bertz CT molecular complexity index is 848. The number of nitro benzene ring substituents is 1. The van der Waals surface area contributed by atoms with Crippen LogP contribution in [-0.4, -0.2) is 29.3 Å². The molecule has 0 aliphatic heterocycles. The van der Waals surface area contributed by atoms with Gasteiger partial charge >= 0.3 is 0 Å². The molecule has 0 aromatic heterocycles. The zero-order valence-corrected chi connectivity index (χ0v) is 14.2. The van der Waals surface area contributed by atoms with Crippen molar-refractivity contribution in [3.05, 3.63) is 68.7 Å². The Morgan fingerprint density at radius 3 is 2.76 bits per heavy atom. The number of carbonyl (C=O) groups is 1. The molecule has 0 unspecified atom stereocenters. The average molecular weight is 359 g/mol. The second kappa shape index (κ2) is 8.24. The number of rotatable bonds is 6. The minimum absolute atomic E-state index is 0.101. The third-order valence-corrected chi connectivity index (χ3v) is 3.67. The number of hydrogen-bond acceptors (Lipinski definition) is 5. The van der Waals surface area contributed by atoms with Crippen molar-refractivity contribution in [1.82, 2.24) is 4.90 Å². The van der Waals surface area contributed by atoms with Gasteiger partial charge in [0.2, 0.25) is 5.91 Å². The number of nitriles is 1. The maximum atomic E-state index is 12.1. The van der Waals surface area contributed by atoms with Gasteiger partial charge in [0.05, 0.1) is 33.8 Å². The van der Waals surface area contributed by atoms with Crippen molar-refractivity contribution >= 4 is 28.9 Å². The molecule has 1 N–H and O–H groups in total. The Hall–Kier alpha value is -2.95. The van der Waals surface area contributed by atoms with E-state index in [0.717, 1.165) is 5.56 Å². The van der Waals surface area contributed by atoms with Crippen LogP contribution in [-0.2, 0) is 11.3 Å². The maximum absolute atomic E-state index is 12.1. The zero-order chi connectivity index (χ0) is 18.4. The van der Waals surface area contributed by atoms with Crippen molar-refractivity contribution in [1.29, 1.82) is 5.26 Å². The first-order valence-electron chi connectivity index (χ1n) is 7.30. The summed E-state index contributed by atoms with van der Waals surface area (Å²) in [7, 11) is 1.77. The number of hydrogen-bond donors (Lipinski definition) is 1. The highest BCUT2D eigenvalue weighted by molar-refractivity contribution is 6.34. The van der Waals surface area contributed by atoms with Gasteiger partial charge < -0.3 is 5.32 Å². The molecule has 0 saturated carbocycles. The summed E-state index contributed by atoms with van der Waals surface area (Å²) in [5.41, 5.74) is 1.66. The first-order chi connectivity index (χ1) is 11.9. The highest BCUT2D eigenvalue weighted by Crippen LogP contribution is 2.26. The van der Waals surface area contributed by atoms with E-state index >= 15 is 0 Å². The topological polar surface area (TPSA) is 99.3 Å². The number of carbonyl (C=O) groups excluding carboxylic acids is 1. The number of likely N-dealkylation sites (N-methyl/N-ethyl adjacent to an activating group) is 1. The smallest absolute Gasteiger partial charge is 0.271 e. The SMILES string of the molecule is CN(CC(=O)Nc1ccc([N+](=O)[O-])cc1Cl)Cc1cccc(C#N)c1. The Labute approximate surface area is 149 Å². The van der Waals surface area contributed by atoms with E-state index in [2.05, 4.69) is 11.4 Å². The van der Waals surface area contributed by atoms with Gasteiger partial charge in [-0.2, -0.15) is 5.26 Å². The molecule has 0 heterocycles. The van der Waals surface area contributed by atoms with Crippen LogP contribution < -0.4 is 5.32 Å². The van der Waals surface area contributed by atoms with E-state index in [9.17, 15) is 14.9 Å². The molecule has 2 rings (SSSR count).